The number of Topliss-reactive ketones (excluding diaryl/α,β-unsaturated/α-hetero) is 2. The molecule has 0 aliphatic heterocycles. The number of hydrogen-bond acceptors (Lipinski definition) is 4. The van der Waals surface area contributed by atoms with Crippen LogP contribution in [0.3, 0.4) is 0 Å². The fourth-order valence-corrected chi connectivity index (χ4v) is 1.54. The molecule has 0 atom stereocenters. The number of ketones is 2. The van der Waals surface area contributed by atoms with Crippen LogP contribution in [0.2, 0.25) is 0 Å². The first kappa shape index (κ1) is 13.0. The van der Waals surface area contributed by atoms with Crippen molar-refractivity contribution in [2.45, 2.75) is 20.8 Å². The summed E-state index contributed by atoms with van der Waals surface area (Å²) < 4.78 is 5.04. The molecule has 0 saturated heterocycles. The zero-order chi connectivity index (χ0) is 13.2. The van der Waals surface area contributed by atoms with Gasteiger partial charge in [0.2, 0.25) is 5.91 Å². The third kappa shape index (κ3) is 2.55. The summed E-state index contributed by atoms with van der Waals surface area (Å²) in [6.45, 7) is 4.11. The minimum absolute atomic E-state index is 0.0169. The van der Waals surface area contributed by atoms with Gasteiger partial charge in [0.05, 0.1) is 12.7 Å². The van der Waals surface area contributed by atoms with E-state index in [4.69, 9.17) is 4.74 Å². The van der Waals surface area contributed by atoms with Gasteiger partial charge in [0.25, 0.3) is 0 Å². The summed E-state index contributed by atoms with van der Waals surface area (Å²) in [5.41, 5.74) is 0.505. The van der Waals surface area contributed by atoms with Gasteiger partial charge >= 0.3 is 0 Å². The van der Waals surface area contributed by atoms with Crippen molar-refractivity contribution in [3.63, 3.8) is 0 Å². The van der Waals surface area contributed by atoms with Gasteiger partial charge in [0.1, 0.15) is 5.71 Å². The fourth-order valence-electron chi connectivity index (χ4n) is 1.54. The summed E-state index contributed by atoms with van der Waals surface area (Å²) in [5, 5.41) is 0. The Hall–Kier alpha value is -2.04. The van der Waals surface area contributed by atoms with Crippen LogP contribution in [-0.4, -0.2) is 30.3 Å². The maximum atomic E-state index is 11.8. The molecule has 1 rings (SSSR count). The molecule has 5 nitrogen and oxygen atoms in total. The van der Waals surface area contributed by atoms with Crippen LogP contribution in [0.5, 0.6) is 0 Å². The van der Waals surface area contributed by atoms with Crippen molar-refractivity contribution in [2.75, 3.05) is 7.11 Å². The molecule has 0 saturated carbocycles. The van der Waals surface area contributed by atoms with Crippen molar-refractivity contribution >= 4 is 23.2 Å². The maximum Gasteiger partial charge on any atom is 0.243 e. The molecule has 1 amide bonds. The van der Waals surface area contributed by atoms with E-state index in [1.54, 1.807) is 0 Å². The van der Waals surface area contributed by atoms with E-state index in [9.17, 15) is 14.4 Å². The van der Waals surface area contributed by atoms with Crippen LogP contribution in [-0.2, 0) is 19.1 Å². The highest BCUT2D eigenvalue weighted by atomic mass is 16.5. The summed E-state index contributed by atoms with van der Waals surface area (Å²) in [5.74, 6) is -0.941. The van der Waals surface area contributed by atoms with Crippen LogP contribution in [0.4, 0.5) is 0 Å². The molecule has 17 heavy (non-hydrogen) atoms. The minimum Gasteiger partial charge on any atom is -0.494 e. The summed E-state index contributed by atoms with van der Waals surface area (Å²) in [6, 6.07) is 0. The smallest absolute Gasteiger partial charge is 0.243 e. The highest BCUT2D eigenvalue weighted by molar-refractivity contribution is 6.34. The fraction of sp³-hybridized carbons (Fsp3) is 0.333. The van der Waals surface area contributed by atoms with Gasteiger partial charge in [-0.3, -0.25) is 14.4 Å². The molecule has 0 radical (unpaired) electrons. The molecule has 1 aliphatic rings. The second-order valence-electron chi connectivity index (χ2n) is 3.62. The number of amides is 1. The summed E-state index contributed by atoms with van der Waals surface area (Å²) in [7, 11) is 1.38. The predicted molar refractivity (Wildman–Crippen MR) is 61.6 cm³/mol. The van der Waals surface area contributed by atoms with Gasteiger partial charge in [0.15, 0.2) is 17.3 Å². The van der Waals surface area contributed by atoms with Gasteiger partial charge in [-0.2, -0.15) is 0 Å². The number of hydrogen-bond donors (Lipinski definition) is 0. The molecular weight excluding hydrogens is 222 g/mol. The second-order valence-corrected chi connectivity index (χ2v) is 3.62. The molecule has 0 heterocycles. The molecular formula is C12H13NO4. The van der Waals surface area contributed by atoms with E-state index in [0.717, 1.165) is 0 Å². The Morgan fingerprint density at radius 2 is 1.88 bits per heavy atom. The average Bonchev–Trinajstić information content (AvgIpc) is 2.22. The molecule has 0 fully saturated rings. The van der Waals surface area contributed by atoms with Crippen molar-refractivity contribution in [3.05, 3.63) is 23.0 Å². The van der Waals surface area contributed by atoms with Gasteiger partial charge in [-0.1, -0.05) is 0 Å². The molecule has 90 valence electrons. The quantitative estimate of drug-likeness (QED) is 0.528. The highest BCUT2D eigenvalue weighted by Crippen LogP contribution is 2.21. The molecule has 0 aromatic rings. The number of nitrogens with zero attached hydrogens (tertiary/aromatic N) is 1. The number of rotatable bonds is 2. The highest BCUT2D eigenvalue weighted by Gasteiger charge is 2.27. The van der Waals surface area contributed by atoms with Crippen molar-refractivity contribution in [3.8, 4) is 0 Å². The van der Waals surface area contributed by atoms with Crippen molar-refractivity contribution in [1.82, 2.24) is 0 Å². The number of carbonyl (C=O) groups excluding carboxylic acids is 3. The average molecular weight is 235 g/mol. The Morgan fingerprint density at radius 3 is 2.29 bits per heavy atom. The number of aliphatic imine (C=N–C) groups is 1. The van der Waals surface area contributed by atoms with E-state index in [1.165, 1.54) is 34.0 Å². The Balaban J connectivity index is 3.40. The third-order valence-electron chi connectivity index (χ3n) is 2.30. The van der Waals surface area contributed by atoms with Crippen LogP contribution in [0, 0.1) is 0 Å². The van der Waals surface area contributed by atoms with Crippen LogP contribution >= 0.6 is 0 Å². The van der Waals surface area contributed by atoms with E-state index in [1.807, 2.05) is 0 Å². The van der Waals surface area contributed by atoms with Crippen molar-refractivity contribution in [1.29, 1.82) is 0 Å². The first-order valence-corrected chi connectivity index (χ1v) is 5.00. The maximum absolute atomic E-state index is 11.8. The van der Waals surface area contributed by atoms with E-state index in [0.29, 0.717) is 0 Å². The SMILES string of the molecule is COC1=C(C)C(=O)C(C(C)=O)=CC1=NC(C)=O. The standard InChI is InChI=1S/C12H13NO4/c1-6-11(16)9(7(2)14)5-10(12(6)17-4)13-8(3)15/h5H,1-4H3. The molecule has 1 aliphatic carbocycles. The Morgan fingerprint density at radius 1 is 1.29 bits per heavy atom. The van der Waals surface area contributed by atoms with Crippen LogP contribution in [0.15, 0.2) is 28.0 Å². The van der Waals surface area contributed by atoms with E-state index in [-0.39, 0.29) is 28.4 Å². The second kappa shape index (κ2) is 4.86. The lowest BCUT2D eigenvalue weighted by molar-refractivity contribution is -0.119. The number of allylic oxidation sites excluding steroid dienone is 3. The first-order chi connectivity index (χ1) is 7.88. The lowest BCUT2D eigenvalue weighted by atomic mass is 9.93. The van der Waals surface area contributed by atoms with Crippen molar-refractivity contribution < 1.29 is 19.1 Å². The Labute approximate surface area is 98.9 Å². The predicted octanol–water partition coefficient (Wildman–Crippen LogP) is 0.992. The lowest BCUT2D eigenvalue weighted by Crippen LogP contribution is -2.23. The van der Waals surface area contributed by atoms with E-state index < -0.39 is 11.7 Å². The zero-order valence-corrected chi connectivity index (χ0v) is 10.2. The molecule has 0 aromatic carbocycles. The molecule has 0 N–H and O–H groups in total. The van der Waals surface area contributed by atoms with Gasteiger partial charge < -0.3 is 4.74 Å². The Kier molecular flexibility index (Phi) is 3.73. The van der Waals surface area contributed by atoms with Crippen LogP contribution < -0.4 is 0 Å². The van der Waals surface area contributed by atoms with E-state index >= 15 is 0 Å². The van der Waals surface area contributed by atoms with Gasteiger partial charge in [-0.25, -0.2) is 4.99 Å². The molecule has 0 spiro atoms. The number of methoxy groups -OCH3 is 1. The Bertz CT molecular complexity index is 495. The van der Waals surface area contributed by atoms with E-state index in [2.05, 4.69) is 4.99 Å². The summed E-state index contributed by atoms with van der Waals surface area (Å²) in [6.07, 6.45) is 1.29. The number of ether oxygens (including phenoxy) is 1. The first-order valence-electron chi connectivity index (χ1n) is 5.00. The third-order valence-corrected chi connectivity index (χ3v) is 2.30. The van der Waals surface area contributed by atoms with Crippen LogP contribution in [0.25, 0.3) is 0 Å². The van der Waals surface area contributed by atoms with Crippen molar-refractivity contribution in [2.24, 2.45) is 4.99 Å². The molecule has 5 heteroatoms. The lowest BCUT2D eigenvalue weighted by Gasteiger charge is -2.16. The normalized spacial score (nSPS) is 18.2. The zero-order valence-electron chi connectivity index (χ0n) is 10.2. The van der Waals surface area contributed by atoms with Gasteiger partial charge in [-0.05, 0) is 19.9 Å². The monoisotopic (exact) mass is 235 g/mol. The van der Waals surface area contributed by atoms with Crippen LogP contribution in [0.1, 0.15) is 20.8 Å². The van der Waals surface area contributed by atoms with Gasteiger partial charge in [-0.15, -0.1) is 0 Å². The molecule has 0 unspecified atom stereocenters. The topological polar surface area (TPSA) is 72.8 Å². The van der Waals surface area contributed by atoms with Gasteiger partial charge in [0, 0.05) is 12.5 Å². The summed E-state index contributed by atoms with van der Waals surface area (Å²) >= 11 is 0. The number of carbonyl (C=O) groups is 3. The molecule has 0 bridgehead atoms. The largest absolute Gasteiger partial charge is 0.494 e. The minimum atomic E-state index is -0.421. The summed E-state index contributed by atoms with van der Waals surface area (Å²) in [4.78, 5) is 37.8. The molecule has 0 aromatic heterocycles.